The average molecular weight is 325 g/mol. The molecule has 1 fully saturated rings. The van der Waals surface area contributed by atoms with Crippen molar-refractivity contribution in [1.29, 1.82) is 0 Å². The fourth-order valence-electron chi connectivity index (χ4n) is 3.13. The molecule has 0 aromatic carbocycles. The van der Waals surface area contributed by atoms with Crippen LogP contribution in [0.3, 0.4) is 0 Å². The van der Waals surface area contributed by atoms with E-state index in [2.05, 4.69) is 30.2 Å². The second-order valence-corrected chi connectivity index (χ2v) is 5.98. The molecule has 3 aromatic rings. The number of methoxy groups -OCH3 is 1. The minimum Gasteiger partial charge on any atom is -0.480 e. The van der Waals surface area contributed by atoms with Crippen molar-refractivity contribution in [3.8, 4) is 5.88 Å². The van der Waals surface area contributed by atoms with Gasteiger partial charge in [-0.05, 0) is 25.8 Å². The number of piperidine rings is 1. The van der Waals surface area contributed by atoms with Crippen molar-refractivity contribution < 1.29 is 4.74 Å². The van der Waals surface area contributed by atoms with Gasteiger partial charge >= 0.3 is 0 Å². The van der Waals surface area contributed by atoms with Gasteiger partial charge in [-0.3, -0.25) is 0 Å². The van der Waals surface area contributed by atoms with Gasteiger partial charge in [0.15, 0.2) is 11.5 Å². The van der Waals surface area contributed by atoms with Crippen LogP contribution >= 0.6 is 0 Å². The number of aryl methyl sites for hydroxylation is 1. The Labute approximate surface area is 139 Å². The molecule has 24 heavy (non-hydrogen) atoms. The topological polar surface area (TPSA) is 81.3 Å². The molecule has 1 aliphatic heterocycles. The minimum atomic E-state index is 0.332. The molecule has 4 heterocycles. The van der Waals surface area contributed by atoms with Crippen molar-refractivity contribution in [2.24, 2.45) is 0 Å². The summed E-state index contributed by atoms with van der Waals surface area (Å²) in [5, 5.41) is 13.0. The maximum Gasteiger partial charge on any atom is 0.231 e. The van der Waals surface area contributed by atoms with Crippen molar-refractivity contribution in [3.63, 3.8) is 0 Å². The zero-order valence-electron chi connectivity index (χ0n) is 13.8. The van der Waals surface area contributed by atoms with Gasteiger partial charge in [0.1, 0.15) is 12.1 Å². The van der Waals surface area contributed by atoms with Gasteiger partial charge in [0, 0.05) is 36.8 Å². The summed E-state index contributed by atoms with van der Waals surface area (Å²) >= 11 is 0. The number of hydrogen-bond acceptors (Lipinski definition) is 7. The monoisotopic (exact) mass is 325 g/mol. The summed E-state index contributed by atoms with van der Waals surface area (Å²) in [6.07, 6.45) is 3.60. The zero-order valence-corrected chi connectivity index (χ0v) is 13.8. The van der Waals surface area contributed by atoms with Crippen molar-refractivity contribution in [1.82, 2.24) is 29.8 Å². The first-order valence-corrected chi connectivity index (χ1v) is 8.04. The number of aromatic nitrogens is 6. The van der Waals surface area contributed by atoms with E-state index in [1.807, 2.05) is 19.1 Å². The van der Waals surface area contributed by atoms with Gasteiger partial charge in [-0.1, -0.05) is 0 Å². The lowest BCUT2D eigenvalue weighted by Crippen LogP contribution is -2.34. The summed E-state index contributed by atoms with van der Waals surface area (Å²) in [6.45, 7) is 3.85. The molecule has 0 atom stereocenters. The largest absolute Gasteiger partial charge is 0.480 e. The normalized spacial score (nSPS) is 15.8. The minimum absolute atomic E-state index is 0.332. The highest BCUT2D eigenvalue weighted by atomic mass is 16.5. The molecule has 8 nitrogen and oxygen atoms in total. The van der Waals surface area contributed by atoms with E-state index in [0.29, 0.717) is 11.8 Å². The third-order valence-corrected chi connectivity index (χ3v) is 4.45. The highest BCUT2D eigenvalue weighted by Gasteiger charge is 2.26. The van der Waals surface area contributed by atoms with Gasteiger partial charge in [-0.15, -0.1) is 15.3 Å². The summed E-state index contributed by atoms with van der Waals surface area (Å²) in [5.74, 6) is 2.80. The smallest absolute Gasteiger partial charge is 0.231 e. The molecule has 0 N–H and O–H groups in total. The van der Waals surface area contributed by atoms with Gasteiger partial charge in [0.25, 0.3) is 0 Å². The van der Waals surface area contributed by atoms with E-state index in [-0.39, 0.29) is 0 Å². The molecule has 0 spiro atoms. The third kappa shape index (κ3) is 2.64. The van der Waals surface area contributed by atoms with Crippen molar-refractivity contribution in [2.45, 2.75) is 25.7 Å². The van der Waals surface area contributed by atoms with Gasteiger partial charge in [0.2, 0.25) is 5.88 Å². The summed E-state index contributed by atoms with van der Waals surface area (Å²) in [7, 11) is 1.61. The molecule has 8 heteroatoms. The third-order valence-electron chi connectivity index (χ3n) is 4.45. The number of rotatable bonds is 3. The summed E-state index contributed by atoms with van der Waals surface area (Å²) in [4.78, 5) is 10.8. The van der Waals surface area contributed by atoms with Crippen LogP contribution < -0.4 is 9.64 Å². The fourth-order valence-corrected chi connectivity index (χ4v) is 3.13. The lowest BCUT2D eigenvalue weighted by molar-refractivity contribution is 0.386. The molecular formula is C16H19N7O. The van der Waals surface area contributed by atoms with Crippen LogP contribution in [-0.2, 0) is 0 Å². The van der Waals surface area contributed by atoms with E-state index in [1.165, 1.54) is 0 Å². The average Bonchev–Trinajstić information content (AvgIpc) is 3.05. The first-order valence-electron chi connectivity index (χ1n) is 8.04. The van der Waals surface area contributed by atoms with E-state index in [0.717, 1.165) is 48.9 Å². The standard InChI is InChI=1S/C16H19N7O/c1-11-9-14(18-10-17-11)22-7-5-12(6-8-22)16-20-19-13-3-4-15(24-2)21-23(13)16/h3-4,9-10,12H,5-8H2,1-2H3. The van der Waals surface area contributed by atoms with E-state index in [1.54, 1.807) is 24.0 Å². The van der Waals surface area contributed by atoms with Crippen LogP contribution in [0.2, 0.25) is 0 Å². The van der Waals surface area contributed by atoms with Crippen LogP contribution in [0.5, 0.6) is 5.88 Å². The van der Waals surface area contributed by atoms with Crippen LogP contribution in [-0.4, -0.2) is 50.0 Å². The van der Waals surface area contributed by atoms with Crippen LogP contribution in [0.15, 0.2) is 24.5 Å². The van der Waals surface area contributed by atoms with Crippen molar-refractivity contribution in [2.75, 3.05) is 25.1 Å². The predicted octanol–water partition coefficient (Wildman–Crippen LogP) is 1.62. The summed E-state index contributed by atoms with van der Waals surface area (Å²) in [6, 6.07) is 5.70. The molecule has 0 amide bonds. The molecule has 1 aliphatic rings. The maximum absolute atomic E-state index is 5.21. The Bertz CT molecular complexity index is 855. The molecule has 3 aromatic heterocycles. The Morgan fingerprint density at radius 2 is 1.96 bits per heavy atom. The molecular weight excluding hydrogens is 306 g/mol. The van der Waals surface area contributed by atoms with Crippen LogP contribution in [0.1, 0.15) is 30.3 Å². The molecule has 0 bridgehead atoms. The molecule has 1 saturated heterocycles. The van der Waals surface area contributed by atoms with Crippen molar-refractivity contribution in [3.05, 3.63) is 36.0 Å². The highest BCUT2D eigenvalue weighted by molar-refractivity contribution is 5.40. The Morgan fingerprint density at radius 1 is 1.12 bits per heavy atom. The maximum atomic E-state index is 5.21. The number of anilines is 1. The molecule has 0 saturated carbocycles. The Morgan fingerprint density at radius 3 is 2.71 bits per heavy atom. The SMILES string of the molecule is COc1ccc2nnc(C3CCN(c4cc(C)ncn4)CC3)n2n1. The molecule has 124 valence electrons. The fraction of sp³-hybridized carbons (Fsp3) is 0.438. The summed E-state index contributed by atoms with van der Waals surface area (Å²) < 4.78 is 7.01. The van der Waals surface area contributed by atoms with E-state index in [4.69, 9.17) is 4.74 Å². The van der Waals surface area contributed by atoms with Crippen LogP contribution in [0.4, 0.5) is 5.82 Å². The quantitative estimate of drug-likeness (QED) is 0.723. The highest BCUT2D eigenvalue weighted by Crippen LogP contribution is 2.29. The molecule has 0 aliphatic carbocycles. The van der Waals surface area contributed by atoms with Gasteiger partial charge in [0.05, 0.1) is 7.11 Å². The van der Waals surface area contributed by atoms with E-state index >= 15 is 0 Å². The number of hydrogen-bond donors (Lipinski definition) is 0. The molecule has 0 radical (unpaired) electrons. The lowest BCUT2D eigenvalue weighted by Gasteiger charge is -2.31. The Balaban J connectivity index is 1.53. The van der Waals surface area contributed by atoms with E-state index < -0.39 is 0 Å². The number of fused-ring (bicyclic) bond motifs is 1. The number of nitrogens with zero attached hydrogens (tertiary/aromatic N) is 7. The first-order chi connectivity index (χ1) is 11.7. The van der Waals surface area contributed by atoms with Gasteiger partial charge < -0.3 is 9.64 Å². The second kappa shape index (κ2) is 6.03. The molecule has 4 rings (SSSR count). The first kappa shape index (κ1) is 14.8. The Kier molecular flexibility index (Phi) is 3.72. The van der Waals surface area contributed by atoms with Gasteiger partial charge in [-0.25, -0.2) is 9.97 Å². The van der Waals surface area contributed by atoms with E-state index in [9.17, 15) is 0 Å². The van der Waals surface area contributed by atoms with Crippen LogP contribution in [0.25, 0.3) is 5.65 Å². The lowest BCUT2D eigenvalue weighted by atomic mass is 9.96. The number of ether oxygens (including phenoxy) is 1. The Hall–Kier alpha value is -2.77. The second-order valence-electron chi connectivity index (χ2n) is 5.98. The molecule has 0 unspecified atom stereocenters. The van der Waals surface area contributed by atoms with Crippen LogP contribution in [0, 0.1) is 6.92 Å². The van der Waals surface area contributed by atoms with Crippen molar-refractivity contribution >= 4 is 11.5 Å². The van der Waals surface area contributed by atoms with Gasteiger partial charge in [-0.2, -0.15) is 4.52 Å². The summed E-state index contributed by atoms with van der Waals surface area (Å²) in [5.41, 5.74) is 1.74. The predicted molar refractivity (Wildman–Crippen MR) is 88.3 cm³/mol. The zero-order chi connectivity index (χ0) is 16.5.